The highest BCUT2D eigenvalue weighted by molar-refractivity contribution is 7.89. The molecule has 0 spiro atoms. The quantitative estimate of drug-likeness (QED) is 0.534. The number of ether oxygens (including phenoxy) is 1. The predicted molar refractivity (Wildman–Crippen MR) is 98.3 cm³/mol. The Balaban J connectivity index is 1.40. The van der Waals surface area contributed by atoms with Crippen LogP contribution in [0.3, 0.4) is 0 Å². The Kier molecular flexibility index (Phi) is 6.17. The van der Waals surface area contributed by atoms with Gasteiger partial charge in [-0.25, -0.2) is 13.6 Å². The maximum atomic E-state index is 11.2. The number of primary sulfonamides is 1. The maximum absolute atomic E-state index is 11.2. The Morgan fingerprint density at radius 1 is 1.00 bits per heavy atom. The fourth-order valence-corrected chi connectivity index (χ4v) is 2.87. The van der Waals surface area contributed by atoms with Crippen LogP contribution in [0.2, 0.25) is 0 Å². The van der Waals surface area contributed by atoms with Crippen LogP contribution < -0.4 is 15.2 Å². The SMILES string of the molecule is NS(=O)(=O)c1ccc(CCNCc2nnc(COc3ccccc3)o2)cc1. The Morgan fingerprint density at radius 2 is 1.70 bits per heavy atom. The van der Waals surface area contributed by atoms with Crippen LogP contribution in [0.25, 0.3) is 0 Å². The van der Waals surface area contributed by atoms with E-state index in [4.69, 9.17) is 14.3 Å². The highest BCUT2D eigenvalue weighted by Gasteiger charge is 2.08. The average molecular weight is 388 g/mol. The molecule has 2 aromatic carbocycles. The molecule has 0 atom stereocenters. The molecule has 3 N–H and O–H groups in total. The van der Waals surface area contributed by atoms with Gasteiger partial charge in [-0.15, -0.1) is 10.2 Å². The predicted octanol–water partition coefficient (Wildman–Crippen LogP) is 1.63. The molecule has 27 heavy (non-hydrogen) atoms. The van der Waals surface area contributed by atoms with E-state index < -0.39 is 10.0 Å². The molecule has 0 aliphatic heterocycles. The summed E-state index contributed by atoms with van der Waals surface area (Å²) in [6.07, 6.45) is 0.725. The number of aromatic nitrogens is 2. The van der Waals surface area contributed by atoms with Crippen molar-refractivity contribution in [3.8, 4) is 5.75 Å². The Labute approximate surface area is 157 Å². The standard InChI is InChI=1S/C18H20N4O4S/c19-27(23,24)16-8-6-14(7-9-16)10-11-20-12-17-21-22-18(26-17)13-25-15-4-2-1-3-5-15/h1-9,20H,10-13H2,(H2,19,23,24). The van der Waals surface area contributed by atoms with E-state index in [0.717, 1.165) is 17.7 Å². The Morgan fingerprint density at radius 3 is 2.41 bits per heavy atom. The van der Waals surface area contributed by atoms with E-state index in [9.17, 15) is 8.42 Å². The number of nitrogens with zero attached hydrogens (tertiary/aromatic N) is 2. The molecule has 3 aromatic rings. The largest absolute Gasteiger partial charge is 0.484 e. The fourth-order valence-electron chi connectivity index (χ4n) is 2.35. The molecule has 0 radical (unpaired) electrons. The first-order valence-corrected chi connectivity index (χ1v) is 9.87. The van der Waals surface area contributed by atoms with Crippen LogP contribution in [-0.2, 0) is 29.6 Å². The van der Waals surface area contributed by atoms with E-state index in [0.29, 0.717) is 24.9 Å². The molecule has 9 heteroatoms. The van der Waals surface area contributed by atoms with Crippen molar-refractivity contribution in [2.24, 2.45) is 5.14 Å². The topological polar surface area (TPSA) is 120 Å². The smallest absolute Gasteiger partial charge is 0.253 e. The number of benzene rings is 2. The van der Waals surface area contributed by atoms with Gasteiger partial charge in [0.15, 0.2) is 6.61 Å². The van der Waals surface area contributed by atoms with Gasteiger partial charge in [0.25, 0.3) is 5.89 Å². The van der Waals surface area contributed by atoms with Gasteiger partial charge >= 0.3 is 0 Å². The minimum absolute atomic E-state index is 0.107. The second-order valence-electron chi connectivity index (χ2n) is 5.81. The summed E-state index contributed by atoms with van der Waals surface area (Å²) in [4.78, 5) is 0.107. The van der Waals surface area contributed by atoms with E-state index in [1.807, 2.05) is 30.3 Å². The molecule has 8 nitrogen and oxygen atoms in total. The van der Waals surface area contributed by atoms with Crippen LogP contribution in [0.15, 0.2) is 63.9 Å². The molecule has 142 valence electrons. The van der Waals surface area contributed by atoms with Gasteiger partial charge in [-0.1, -0.05) is 30.3 Å². The molecule has 1 aromatic heterocycles. The lowest BCUT2D eigenvalue weighted by Crippen LogP contribution is -2.17. The van der Waals surface area contributed by atoms with Gasteiger partial charge < -0.3 is 14.5 Å². The molecule has 0 fully saturated rings. The normalized spacial score (nSPS) is 11.4. The van der Waals surface area contributed by atoms with Crippen molar-refractivity contribution >= 4 is 10.0 Å². The van der Waals surface area contributed by atoms with Crippen molar-refractivity contribution in [1.29, 1.82) is 0 Å². The molecule has 0 saturated carbocycles. The van der Waals surface area contributed by atoms with Crippen LogP contribution in [0, 0.1) is 0 Å². The van der Waals surface area contributed by atoms with Gasteiger partial charge in [0.05, 0.1) is 11.4 Å². The summed E-state index contributed by atoms with van der Waals surface area (Å²) in [6.45, 7) is 1.33. The van der Waals surface area contributed by atoms with Crippen molar-refractivity contribution in [2.75, 3.05) is 6.54 Å². The highest BCUT2D eigenvalue weighted by atomic mass is 32.2. The number of nitrogens with one attached hydrogen (secondary N) is 1. The molecule has 1 heterocycles. The minimum Gasteiger partial charge on any atom is -0.484 e. The summed E-state index contributed by atoms with van der Waals surface area (Å²) in [5.41, 5.74) is 0.998. The molecule has 0 amide bonds. The number of para-hydroxylation sites is 1. The zero-order valence-corrected chi connectivity index (χ0v) is 15.4. The molecule has 0 bridgehead atoms. The molecule has 0 aliphatic carbocycles. The lowest BCUT2D eigenvalue weighted by Gasteiger charge is -2.04. The lowest BCUT2D eigenvalue weighted by molar-refractivity contribution is 0.258. The van der Waals surface area contributed by atoms with Crippen molar-refractivity contribution in [3.63, 3.8) is 0 Å². The van der Waals surface area contributed by atoms with Gasteiger partial charge in [-0.05, 0) is 42.8 Å². The third-order valence-electron chi connectivity index (χ3n) is 3.73. The third-order valence-corrected chi connectivity index (χ3v) is 4.66. The molecular formula is C18H20N4O4S. The van der Waals surface area contributed by atoms with Crippen molar-refractivity contribution in [2.45, 2.75) is 24.5 Å². The number of hydrogen-bond acceptors (Lipinski definition) is 7. The first-order valence-electron chi connectivity index (χ1n) is 8.32. The third kappa shape index (κ3) is 5.88. The zero-order valence-electron chi connectivity index (χ0n) is 14.5. The van der Waals surface area contributed by atoms with Crippen molar-refractivity contribution in [1.82, 2.24) is 15.5 Å². The minimum atomic E-state index is -3.65. The molecule has 3 rings (SSSR count). The van der Waals surface area contributed by atoms with Crippen LogP contribution in [0.1, 0.15) is 17.3 Å². The number of rotatable bonds is 9. The lowest BCUT2D eigenvalue weighted by atomic mass is 10.1. The van der Waals surface area contributed by atoms with Crippen molar-refractivity contribution < 1.29 is 17.6 Å². The van der Waals surface area contributed by atoms with E-state index in [1.165, 1.54) is 12.1 Å². The second-order valence-corrected chi connectivity index (χ2v) is 7.37. The monoisotopic (exact) mass is 388 g/mol. The summed E-state index contributed by atoms with van der Waals surface area (Å²) in [6, 6.07) is 15.9. The van der Waals surface area contributed by atoms with E-state index in [1.54, 1.807) is 12.1 Å². The Hall–Kier alpha value is -2.75. The molecular weight excluding hydrogens is 368 g/mol. The summed E-state index contributed by atoms with van der Waals surface area (Å²) >= 11 is 0. The second kappa shape index (κ2) is 8.76. The Bertz CT molecular complexity index is 957. The number of hydrogen-bond donors (Lipinski definition) is 2. The summed E-state index contributed by atoms with van der Waals surface area (Å²) < 4.78 is 33.5. The van der Waals surface area contributed by atoms with E-state index >= 15 is 0 Å². The van der Waals surface area contributed by atoms with Crippen LogP contribution in [-0.4, -0.2) is 25.2 Å². The molecule has 0 unspecified atom stereocenters. The van der Waals surface area contributed by atoms with Gasteiger partial charge in [-0.3, -0.25) is 0 Å². The first kappa shape index (κ1) is 19.0. The maximum Gasteiger partial charge on any atom is 0.253 e. The average Bonchev–Trinajstić information content (AvgIpc) is 3.12. The van der Waals surface area contributed by atoms with Crippen LogP contribution in [0.5, 0.6) is 5.75 Å². The van der Waals surface area contributed by atoms with Crippen LogP contribution in [0.4, 0.5) is 0 Å². The van der Waals surface area contributed by atoms with Gasteiger partial charge in [0.2, 0.25) is 15.9 Å². The molecule has 0 saturated heterocycles. The number of nitrogens with two attached hydrogens (primary N) is 1. The number of sulfonamides is 1. The van der Waals surface area contributed by atoms with E-state index in [-0.39, 0.29) is 11.5 Å². The van der Waals surface area contributed by atoms with Gasteiger partial charge in [0.1, 0.15) is 5.75 Å². The van der Waals surface area contributed by atoms with Crippen molar-refractivity contribution in [3.05, 3.63) is 71.9 Å². The zero-order chi connectivity index (χ0) is 19.1. The van der Waals surface area contributed by atoms with Crippen LogP contribution >= 0.6 is 0 Å². The molecule has 0 aliphatic rings. The fraction of sp³-hybridized carbons (Fsp3) is 0.222. The summed E-state index contributed by atoms with van der Waals surface area (Å²) in [5, 5.41) is 16.2. The summed E-state index contributed by atoms with van der Waals surface area (Å²) in [7, 11) is -3.65. The first-order chi connectivity index (χ1) is 13.0. The summed E-state index contributed by atoms with van der Waals surface area (Å²) in [5.74, 6) is 1.63. The van der Waals surface area contributed by atoms with Gasteiger partial charge in [-0.2, -0.15) is 0 Å². The highest BCUT2D eigenvalue weighted by Crippen LogP contribution is 2.11. The van der Waals surface area contributed by atoms with E-state index in [2.05, 4.69) is 15.5 Å². The van der Waals surface area contributed by atoms with Gasteiger partial charge in [0, 0.05) is 0 Å².